The molecule has 5 rings (SSSR count). The number of amides is 1. The lowest BCUT2D eigenvalue weighted by molar-refractivity contribution is -0.124. The van der Waals surface area contributed by atoms with Crippen molar-refractivity contribution in [3.8, 4) is 0 Å². The summed E-state index contributed by atoms with van der Waals surface area (Å²) in [5, 5.41) is 2.37. The van der Waals surface area contributed by atoms with Crippen LogP contribution in [0.4, 0.5) is 5.69 Å². The molecule has 0 spiro atoms. The fraction of sp³-hybridized carbons (Fsp3) is 0.240. The van der Waals surface area contributed by atoms with Crippen LogP contribution in [0.3, 0.4) is 0 Å². The van der Waals surface area contributed by atoms with Crippen LogP contribution in [0.15, 0.2) is 91.3 Å². The average molecular weight is 462 g/mol. The summed E-state index contributed by atoms with van der Waals surface area (Å²) in [6.07, 6.45) is 9.20. The van der Waals surface area contributed by atoms with Crippen molar-refractivity contribution in [3.05, 3.63) is 77.5 Å². The monoisotopic (exact) mass is 461 g/mol. The van der Waals surface area contributed by atoms with Gasteiger partial charge in [0.05, 0.1) is 10.6 Å². The molecule has 0 N–H and O–H groups in total. The smallest absolute Gasteiger partial charge is 0.267 e. The van der Waals surface area contributed by atoms with E-state index in [2.05, 4.69) is 4.98 Å². The molecular weight excluding hydrogens is 438 g/mol. The summed E-state index contributed by atoms with van der Waals surface area (Å²) in [5.41, 5.74) is 0.858. The number of furan rings is 1. The van der Waals surface area contributed by atoms with E-state index in [0.717, 1.165) is 46.7 Å². The molecule has 1 amide bonds. The van der Waals surface area contributed by atoms with E-state index >= 15 is 0 Å². The van der Waals surface area contributed by atoms with Gasteiger partial charge in [-0.2, -0.15) is 0 Å². The van der Waals surface area contributed by atoms with Gasteiger partial charge in [-0.1, -0.05) is 43.5 Å². The zero-order valence-electron chi connectivity index (χ0n) is 17.5. The second-order valence-corrected chi connectivity index (χ2v) is 9.77. The number of pyridine rings is 1. The van der Waals surface area contributed by atoms with E-state index in [1.165, 1.54) is 29.9 Å². The zero-order valence-corrected chi connectivity index (χ0v) is 19.1. The van der Waals surface area contributed by atoms with E-state index in [0.29, 0.717) is 10.7 Å². The fourth-order valence-corrected chi connectivity index (χ4v) is 5.72. The van der Waals surface area contributed by atoms with Gasteiger partial charge in [0.2, 0.25) is 0 Å². The van der Waals surface area contributed by atoms with Crippen molar-refractivity contribution in [1.82, 2.24) is 9.88 Å². The Morgan fingerprint density at radius 1 is 1.03 bits per heavy atom. The molecule has 1 saturated carbocycles. The molecule has 2 aromatic heterocycles. The third kappa shape index (κ3) is 4.84. The van der Waals surface area contributed by atoms with Gasteiger partial charge in [0, 0.05) is 18.3 Å². The molecule has 7 heteroatoms. The highest BCUT2D eigenvalue weighted by Crippen LogP contribution is 2.39. The number of carbonyl (C=O) groups excluding carboxylic acids is 1. The fourth-order valence-electron chi connectivity index (χ4n) is 3.95. The predicted molar refractivity (Wildman–Crippen MR) is 130 cm³/mol. The molecule has 162 valence electrons. The van der Waals surface area contributed by atoms with E-state index in [-0.39, 0.29) is 11.9 Å². The first-order chi connectivity index (χ1) is 15.8. The molecule has 0 bridgehead atoms. The minimum absolute atomic E-state index is 0.0203. The lowest BCUT2D eigenvalue weighted by atomic mass is 9.94. The molecule has 2 aliphatic rings. The van der Waals surface area contributed by atoms with Crippen molar-refractivity contribution in [2.45, 2.75) is 48.3 Å². The number of hydrogen-bond donors (Lipinski definition) is 0. The van der Waals surface area contributed by atoms with E-state index < -0.39 is 0 Å². The molecule has 2 fully saturated rings. The second kappa shape index (κ2) is 9.79. The number of aliphatic imine (C=N–C) groups is 1. The predicted octanol–water partition coefficient (Wildman–Crippen LogP) is 6.76. The molecule has 0 atom stereocenters. The third-order valence-corrected chi connectivity index (χ3v) is 7.33. The number of amidine groups is 1. The van der Waals surface area contributed by atoms with Crippen LogP contribution in [0.1, 0.15) is 37.9 Å². The first kappa shape index (κ1) is 21.1. The maximum Gasteiger partial charge on any atom is 0.267 e. The Hall–Kier alpha value is -2.77. The van der Waals surface area contributed by atoms with Crippen molar-refractivity contribution in [2.24, 2.45) is 4.99 Å². The maximum atomic E-state index is 13.4. The number of para-hydroxylation sites is 1. The van der Waals surface area contributed by atoms with Crippen LogP contribution >= 0.6 is 23.5 Å². The third-order valence-electron chi connectivity index (χ3n) is 5.48. The molecule has 0 unspecified atom stereocenters. The van der Waals surface area contributed by atoms with Crippen molar-refractivity contribution < 1.29 is 9.21 Å². The van der Waals surface area contributed by atoms with Gasteiger partial charge in [-0.15, -0.1) is 0 Å². The Kier molecular flexibility index (Phi) is 6.46. The van der Waals surface area contributed by atoms with E-state index in [9.17, 15) is 4.79 Å². The number of nitrogens with zero attached hydrogens (tertiary/aromatic N) is 3. The van der Waals surface area contributed by atoms with Crippen LogP contribution < -0.4 is 0 Å². The SMILES string of the molecule is O=C1/C(=C/c2ccc(Sc3ccccn3)o2)SC(=Nc2ccccc2)N1C1CCCCC1. The van der Waals surface area contributed by atoms with E-state index in [1.54, 1.807) is 6.20 Å². The Balaban J connectivity index is 1.41. The summed E-state index contributed by atoms with van der Waals surface area (Å²) >= 11 is 2.89. The van der Waals surface area contributed by atoms with Gasteiger partial charge in [0.1, 0.15) is 10.8 Å². The standard InChI is InChI=1S/C25H23N3O2S2/c29-24-21(17-20-14-15-23(30-20)32-22-13-7-8-16-26-22)31-25(27-18-9-3-1-4-10-18)28(24)19-11-5-2-6-12-19/h1,3-4,7-10,13-17,19H,2,5-6,11-12H2/b21-17-,27-25?. The molecule has 0 radical (unpaired) electrons. The molecule has 1 aliphatic carbocycles. The Morgan fingerprint density at radius 3 is 2.62 bits per heavy atom. The van der Waals surface area contributed by atoms with Crippen LogP contribution in [-0.2, 0) is 4.79 Å². The lowest BCUT2D eigenvalue weighted by Crippen LogP contribution is -2.40. The van der Waals surface area contributed by atoms with Crippen LogP contribution in [-0.4, -0.2) is 27.0 Å². The number of aromatic nitrogens is 1. The normalized spacial score (nSPS) is 19.9. The second-order valence-electron chi connectivity index (χ2n) is 7.73. The molecule has 3 heterocycles. The van der Waals surface area contributed by atoms with E-state index in [4.69, 9.17) is 9.41 Å². The Labute approximate surface area is 196 Å². The van der Waals surface area contributed by atoms with Crippen molar-refractivity contribution in [1.29, 1.82) is 0 Å². The largest absolute Gasteiger partial charge is 0.450 e. The van der Waals surface area contributed by atoms with Crippen molar-refractivity contribution >= 4 is 46.4 Å². The first-order valence-electron chi connectivity index (χ1n) is 10.8. The van der Waals surface area contributed by atoms with Gasteiger partial charge in [-0.3, -0.25) is 9.69 Å². The van der Waals surface area contributed by atoms with Gasteiger partial charge < -0.3 is 4.42 Å². The minimum atomic E-state index is 0.0203. The number of rotatable bonds is 5. The molecule has 1 aliphatic heterocycles. The molecule has 3 aromatic rings. The van der Waals surface area contributed by atoms with E-state index in [1.807, 2.05) is 71.6 Å². The Morgan fingerprint density at radius 2 is 1.84 bits per heavy atom. The summed E-state index contributed by atoms with van der Waals surface area (Å²) in [6.45, 7) is 0. The highest BCUT2D eigenvalue weighted by Gasteiger charge is 2.38. The van der Waals surface area contributed by atoms with Crippen LogP contribution in [0.5, 0.6) is 0 Å². The van der Waals surface area contributed by atoms with Gasteiger partial charge in [0.25, 0.3) is 5.91 Å². The topological polar surface area (TPSA) is 58.7 Å². The van der Waals surface area contributed by atoms with Crippen molar-refractivity contribution in [3.63, 3.8) is 0 Å². The van der Waals surface area contributed by atoms with Crippen molar-refractivity contribution in [2.75, 3.05) is 0 Å². The minimum Gasteiger partial charge on any atom is -0.450 e. The highest BCUT2D eigenvalue weighted by molar-refractivity contribution is 8.18. The van der Waals surface area contributed by atoms with Crippen LogP contribution in [0.2, 0.25) is 0 Å². The summed E-state index contributed by atoms with van der Waals surface area (Å²) in [6, 6.07) is 19.6. The van der Waals surface area contributed by atoms with Gasteiger partial charge in [-0.05, 0) is 72.8 Å². The molecular formula is C25H23N3O2S2. The average Bonchev–Trinajstić information content (AvgIpc) is 3.39. The number of benzene rings is 1. The van der Waals surface area contributed by atoms with Gasteiger partial charge >= 0.3 is 0 Å². The number of hydrogen-bond acceptors (Lipinski definition) is 6. The maximum absolute atomic E-state index is 13.4. The van der Waals surface area contributed by atoms with Crippen LogP contribution in [0, 0.1) is 0 Å². The van der Waals surface area contributed by atoms with Gasteiger partial charge in [-0.25, -0.2) is 9.98 Å². The lowest BCUT2D eigenvalue weighted by Gasteiger charge is -2.30. The molecule has 5 nitrogen and oxygen atoms in total. The summed E-state index contributed by atoms with van der Waals surface area (Å²) in [7, 11) is 0. The summed E-state index contributed by atoms with van der Waals surface area (Å²) < 4.78 is 5.95. The highest BCUT2D eigenvalue weighted by atomic mass is 32.2. The zero-order chi connectivity index (χ0) is 21.8. The number of thioether (sulfide) groups is 1. The summed E-state index contributed by atoms with van der Waals surface area (Å²) in [5.74, 6) is 0.677. The van der Waals surface area contributed by atoms with Gasteiger partial charge in [0.15, 0.2) is 10.3 Å². The Bertz CT molecular complexity index is 1140. The molecule has 1 saturated heterocycles. The molecule has 1 aromatic carbocycles. The quantitative estimate of drug-likeness (QED) is 0.393. The summed E-state index contributed by atoms with van der Waals surface area (Å²) in [4.78, 5) is 25.1. The number of carbonyl (C=O) groups is 1. The van der Waals surface area contributed by atoms with Crippen LogP contribution in [0.25, 0.3) is 6.08 Å². The first-order valence-corrected chi connectivity index (χ1v) is 12.5. The molecule has 32 heavy (non-hydrogen) atoms.